The smallest absolute Gasteiger partial charge is 0.312 e. The van der Waals surface area contributed by atoms with Crippen LogP contribution in [-0.4, -0.2) is 48.3 Å². The van der Waals surface area contributed by atoms with Crippen LogP contribution in [0.4, 0.5) is 5.69 Å². The third-order valence-electron chi connectivity index (χ3n) is 6.19. The van der Waals surface area contributed by atoms with Gasteiger partial charge in [0.1, 0.15) is 5.92 Å². The fraction of sp³-hybridized carbons (Fsp3) is 0.429. The van der Waals surface area contributed by atoms with Gasteiger partial charge in [-0.05, 0) is 48.9 Å². The SMILES string of the molecule is COc1cc(CNC(=O)C(CCCC=CC(C)C)C(C(=O)O)c2cc(OC)c(OC)cc2[N+](=O)[O-])ccc1O. The van der Waals surface area contributed by atoms with Crippen LogP contribution in [0.25, 0.3) is 0 Å². The van der Waals surface area contributed by atoms with E-state index in [2.05, 4.69) is 5.32 Å². The van der Waals surface area contributed by atoms with Crippen molar-refractivity contribution in [3.63, 3.8) is 0 Å². The Bertz CT molecular complexity index is 1190. The highest BCUT2D eigenvalue weighted by atomic mass is 16.6. The standard InChI is InChI=1S/C28H36N2O9/c1-17(2)9-7-6-8-10-19(27(32)29-16-18-11-12-22(31)23(13-18)37-3)26(28(33)34)20-14-24(38-4)25(39-5)15-21(20)30(35)36/h7,9,11-15,17,19,26,31H,6,8,10,16H2,1-5H3,(H,29,32)(H,33,34). The third-order valence-corrected chi connectivity index (χ3v) is 6.19. The number of nitro benzene ring substituents is 1. The molecule has 0 saturated carbocycles. The van der Waals surface area contributed by atoms with Gasteiger partial charge in [-0.3, -0.25) is 19.7 Å². The molecular weight excluding hydrogens is 508 g/mol. The van der Waals surface area contributed by atoms with Crippen LogP contribution >= 0.6 is 0 Å². The zero-order chi connectivity index (χ0) is 29.1. The summed E-state index contributed by atoms with van der Waals surface area (Å²) in [6.45, 7) is 4.09. The number of nitrogens with zero attached hydrogens (tertiary/aromatic N) is 1. The van der Waals surface area contributed by atoms with Crippen molar-refractivity contribution in [3.05, 3.63) is 63.7 Å². The van der Waals surface area contributed by atoms with Crippen molar-refractivity contribution in [3.8, 4) is 23.0 Å². The molecule has 0 aliphatic carbocycles. The Morgan fingerprint density at radius 2 is 1.69 bits per heavy atom. The Morgan fingerprint density at radius 1 is 1.05 bits per heavy atom. The summed E-state index contributed by atoms with van der Waals surface area (Å²) in [5, 5.41) is 34.8. The Morgan fingerprint density at radius 3 is 2.26 bits per heavy atom. The zero-order valence-electron chi connectivity index (χ0n) is 22.8. The quantitative estimate of drug-likeness (QED) is 0.124. The number of amides is 1. The first-order valence-electron chi connectivity index (χ1n) is 12.5. The number of phenolic OH excluding ortho intramolecular Hbond substituents is 1. The second-order valence-electron chi connectivity index (χ2n) is 9.27. The minimum absolute atomic E-state index is 0.0274. The van der Waals surface area contributed by atoms with Crippen LogP contribution in [0.2, 0.25) is 0 Å². The van der Waals surface area contributed by atoms with Crippen molar-refractivity contribution in [2.45, 2.75) is 45.6 Å². The van der Waals surface area contributed by atoms with Gasteiger partial charge in [0.15, 0.2) is 23.0 Å². The van der Waals surface area contributed by atoms with Crippen LogP contribution in [0, 0.1) is 22.0 Å². The molecule has 0 saturated heterocycles. The van der Waals surface area contributed by atoms with Gasteiger partial charge in [0, 0.05) is 12.1 Å². The Hall–Kier alpha value is -4.28. The van der Waals surface area contributed by atoms with Crippen LogP contribution in [0.15, 0.2) is 42.5 Å². The maximum atomic E-state index is 13.5. The molecule has 11 heteroatoms. The van der Waals surface area contributed by atoms with Crippen molar-refractivity contribution < 1.29 is 38.9 Å². The van der Waals surface area contributed by atoms with E-state index in [-0.39, 0.29) is 41.5 Å². The number of phenols is 1. The van der Waals surface area contributed by atoms with Gasteiger partial charge in [-0.15, -0.1) is 0 Å². The number of carbonyl (C=O) groups is 2. The van der Waals surface area contributed by atoms with Crippen molar-refractivity contribution in [2.24, 2.45) is 11.8 Å². The van der Waals surface area contributed by atoms with E-state index in [1.165, 1.54) is 33.5 Å². The highest BCUT2D eigenvalue weighted by Gasteiger charge is 2.39. The van der Waals surface area contributed by atoms with E-state index in [1.807, 2.05) is 26.0 Å². The summed E-state index contributed by atoms with van der Waals surface area (Å²) < 4.78 is 15.5. The Balaban J connectivity index is 2.48. The predicted molar refractivity (Wildman–Crippen MR) is 144 cm³/mol. The number of hydrogen-bond acceptors (Lipinski definition) is 8. The number of nitrogens with one attached hydrogen (secondary N) is 1. The van der Waals surface area contributed by atoms with Crippen LogP contribution in [0.3, 0.4) is 0 Å². The fourth-order valence-corrected chi connectivity index (χ4v) is 4.24. The Labute approximate surface area is 227 Å². The van der Waals surface area contributed by atoms with Gasteiger partial charge in [0.2, 0.25) is 5.91 Å². The summed E-state index contributed by atoms with van der Waals surface area (Å²) >= 11 is 0. The van der Waals surface area contributed by atoms with Gasteiger partial charge < -0.3 is 29.7 Å². The summed E-state index contributed by atoms with van der Waals surface area (Å²) in [7, 11) is 4.05. The first-order valence-corrected chi connectivity index (χ1v) is 12.5. The van der Waals surface area contributed by atoms with E-state index in [0.717, 1.165) is 6.07 Å². The second-order valence-corrected chi connectivity index (χ2v) is 9.27. The molecule has 2 aromatic carbocycles. The number of aliphatic carboxylic acids is 1. The number of nitro groups is 1. The number of unbranched alkanes of at least 4 members (excludes halogenated alkanes) is 1. The molecule has 0 bridgehead atoms. The van der Waals surface area contributed by atoms with Gasteiger partial charge >= 0.3 is 5.97 Å². The molecule has 3 N–H and O–H groups in total. The van der Waals surface area contributed by atoms with E-state index in [1.54, 1.807) is 12.1 Å². The zero-order valence-corrected chi connectivity index (χ0v) is 22.8. The lowest BCUT2D eigenvalue weighted by Gasteiger charge is -2.24. The lowest BCUT2D eigenvalue weighted by Crippen LogP contribution is -2.37. The number of allylic oxidation sites excluding steroid dienone is 2. The molecule has 212 valence electrons. The molecule has 1 amide bonds. The summed E-state index contributed by atoms with van der Waals surface area (Å²) in [4.78, 5) is 37.4. The van der Waals surface area contributed by atoms with Crippen molar-refractivity contribution in [1.82, 2.24) is 5.32 Å². The van der Waals surface area contributed by atoms with Crippen molar-refractivity contribution >= 4 is 17.6 Å². The van der Waals surface area contributed by atoms with E-state index in [9.17, 15) is 29.9 Å². The summed E-state index contributed by atoms with van der Waals surface area (Å²) in [6, 6.07) is 6.92. The first kappa shape index (κ1) is 30.9. The second kappa shape index (κ2) is 14.6. The van der Waals surface area contributed by atoms with Crippen LogP contribution in [-0.2, 0) is 16.1 Å². The number of ether oxygens (including phenoxy) is 3. The number of rotatable bonds is 15. The molecule has 0 aromatic heterocycles. The van der Waals surface area contributed by atoms with Gasteiger partial charge in [-0.1, -0.05) is 32.1 Å². The molecule has 0 fully saturated rings. The molecule has 0 aliphatic rings. The minimum atomic E-state index is -1.53. The van der Waals surface area contributed by atoms with Crippen LogP contribution in [0.1, 0.15) is 50.2 Å². The lowest BCUT2D eigenvalue weighted by atomic mass is 9.81. The van der Waals surface area contributed by atoms with Crippen LogP contribution < -0.4 is 19.5 Å². The average Bonchev–Trinajstić information content (AvgIpc) is 2.90. The van der Waals surface area contributed by atoms with Gasteiger partial charge in [0.05, 0.1) is 38.2 Å². The summed E-state index contributed by atoms with van der Waals surface area (Å²) in [5.74, 6) is -3.95. The number of benzene rings is 2. The molecule has 2 aromatic rings. The first-order chi connectivity index (χ1) is 18.5. The molecule has 2 unspecified atom stereocenters. The molecular formula is C28H36N2O9. The molecule has 0 radical (unpaired) electrons. The topological polar surface area (TPSA) is 157 Å². The number of carboxylic acids is 1. The maximum Gasteiger partial charge on any atom is 0.312 e. The molecule has 2 atom stereocenters. The fourth-order valence-electron chi connectivity index (χ4n) is 4.24. The summed E-state index contributed by atoms with van der Waals surface area (Å²) in [5.41, 5.74) is -0.0317. The highest BCUT2D eigenvalue weighted by molar-refractivity contribution is 5.89. The number of carboxylic acid groups (broad SMARTS) is 1. The largest absolute Gasteiger partial charge is 0.504 e. The predicted octanol–water partition coefficient (Wildman–Crippen LogP) is 4.81. The third kappa shape index (κ3) is 8.36. The maximum absolute atomic E-state index is 13.5. The molecule has 11 nitrogen and oxygen atoms in total. The van der Waals surface area contributed by atoms with Gasteiger partial charge in [-0.2, -0.15) is 0 Å². The van der Waals surface area contributed by atoms with Crippen molar-refractivity contribution in [2.75, 3.05) is 21.3 Å². The summed E-state index contributed by atoms with van der Waals surface area (Å²) in [6.07, 6.45) is 5.24. The number of carbonyl (C=O) groups excluding carboxylic acids is 1. The number of methoxy groups -OCH3 is 3. The Kier molecular flexibility index (Phi) is 11.6. The molecule has 0 heterocycles. The van der Waals surface area contributed by atoms with E-state index in [4.69, 9.17) is 14.2 Å². The minimum Gasteiger partial charge on any atom is -0.504 e. The average molecular weight is 545 g/mol. The molecule has 0 aliphatic heterocycles. The van der Waals surface area contributed by atoms with Crippen LogP contribution in [0.5, 0.6) is 23.0 Å². The number of hydrogen-bond donors (Lipinski definition) is 3. The van der Waals surface area contributed by atoms with E-state index in [0.29, 0.717) is 24.3 Å². The number of aromatic hydroxyl groups is 1. The molecule has 39 heavy (non-hydrogen) atoms. The molecule has 2 rings (SSSR count). The van der Waals surface area contributed by atoms with E-state index >= 15 is 0 Å². The van der Waals surface area contributed by atoms with Gasteiger partial charge in [-0.25, -0.2) is 0 Å². The molecule has 0 spiro atoms. The van der Waals surface area contributed by atoms with Crippen molar-refractivity contribution in [1.29, 1.82) is 0 Å². The normalized spacial score (nSPS) is 12.7. The van der Waals surface area contributed by atoms with Gasteiger partial charge in [0.25, 0.3) is 5.69 Å². The highest BCUT2D eigenvalue weighted by Crippen LogP contribution is 2.41. The lowest BCUT2D eigenvalue weighted by molar-refractivity contribution is -0.385. The monoisotopic (exact) mass is 544 g/mol. The van der Waals surface area contributed by atoms with E-state index < -0.39 is 34.3 Å².